The zero-order chi connectivity index (χ0) is 13.7. The molecule has 4 heteroatoms. The van der Waals surface area contributed by atoms with Gasteiger partial charge >= 0.3 is 6.03 Å². The summed E-state index contributed by atoms with van der Waals surface area (Å²) in [4.78, 5) is 13.3. The Bertz CT molecular complexity index is 416. The first-order valence-corrected chi connectivity index (χ1v) is 7.16. The summed E-state index contributed by atoms with van der Waals surface area (Å²) >= 11 is 0. The Kier molecular flexibility index (Phi) is 4.66. The molecule has 1 atom stereocenters. The predicted octanol–water partition coefficient (Wildman–Crippen LogP) is 3.21. The molecule has 1 heterocycles. The van der Waals surface area contributed by atoms with Gasteiger partial charge in [-0.1, -0.05) is 20.3 Å². The van der Waals surface area contributed by atoms with E-state index in [-0.39, 0.29) is 6.03 Å². The summed E-state index contributed by atoms with van der Waals surface area (Å²) in [5.41, 5.74) is 2.09. The van der Waals surface area contributed by atoms with Gasteiger partial charge in [-0.2, -0.15) is 0 Å². The Balaban J connectivity index is 1.99. The van der Waals surface area contributed by atoms with Crippen LogP contribution in [0.5, 0.6) is 0 Å². The van der Waals surface area contributed by atoms with Crippen LogP contribution in [-0.2, 0) is 0 Å². The average Bonchev–Trinajstić information content (AvgIpc) is 2.85. The lowest BCUT2D eigenvalue weighted by molar-refractivity contribution is 0.252. The molecule has 1 unspecified atom stereocenters. The van der Waals surface area contributed by atoms with Crippen LogP contribution in [-0.4, -0.2) is 25.2 Å². The lowest BCUT2D eigenvalue weighted by atomic mass is 10.1. The Morgan fingerprint density at radius 3 is 2.58 bits per heavy atom. The largest absolute Gasteiger partial charge is 0.382 e. The van der Waals surface area contributed by atoms with E-state index in [1.165, 1.54) is 12.8 Å². The van der Waals surface area contributed by atoms with E-state index in [0.717, 1.165) is 30.9 Å². The summed E-state index contributed by atoms with van der Waals surface area (Å²) in [6.07, 6.45) is 3.51. The molecule has 19 heavy (non-hydrogen) atoms. The maximum absolute atomic E-state index is 11.6. The van der Waals surface area contributed by atoms with Crippen molar-refractivity contribution in [3.63, 3.8) is 0 Å². The highest BCUT2D eigenvalue weighted by Gasteiger charge is 2.20. The van der Waals surface area contributed by atoms with Crippen molar-refractivity contribution < 1.29 is 4.79 Å². The third-order valence-corrected chi connectivity index (χ3v) is 3.54. The number of nitrogens with one attached hydrogen (secondary N) is 2. The van der Waals surface area contributed by atoms with Crippen molar-refractivity contribution in [1.82, 2.24) is 5.32 Å². The second kappa shape index (κ2) is 6.45. The van der Waals surface area contributed by atoms with Crippen LogP contribution < -0.4 is 15.5 Å². The van der Waals surface area contributed by atoms with Gasteiger partial charge in [0.2, 0.25) is 0 Å². The minimum Gasteiger partial charge on any atom is -0.382 e. The molecule has 104 valence electrons. The van der Waals surface area contributed by atoms with Gasteiger partial charge < -0.3 is 10.6 Å². The van der Waals surface area contributed by atoms with Crippen LogP contribution in [0, 0.1) is 0 Å². The summed E-state index contributed by atoms with van der Waals surface area (Å²) in [7, 11) is 0. The predicted molar refractivity (Wildman–Crippen MR) is 79.8 cm³/mol. The molecule has 0 aromatic heterocycles. The number of benzene rings is 1. The normalized spacial score (nSPS) is 16.3. The van der Waals surface area contributed by atoms with Gasteiger partial charge in [-0.3, -0.25) is 4.90 Å². The Hall–Kier alpha value is -1.71. The Morgan fingerprint density at radius 2 is 2.05 bits per heavy atom. The first-order valence-electron chi connectivity index (χ1n) is 7.16. The van der Waals surface area contributed by atoms with Gasteiger partial charge in [0.15, 0.2) is 0 Å². The van der Waals surface area contributed by atoms with Crippen molar-refractivity contribution in [2.45, 2.75) is 39.2 Å². The third kappa shape index (κ3) is 3.40. The van der Waals surface area contributed by atoms with E-state index in [9.17, 15) is 4.79 Å². The standard InChI is InChI=1S/C15H23N3O/c1-3-5-12(4-2)17-13-6-8-14(9-7-13)18-11-10-16-15(18)19/h6-9,12,17H,3-5,10-11H2,1-2H3,(H,16,19). The fraction of sp³-hybridized carbons (Fsp3) is 0.533. The minimum absolute atomic E-state index is 0.00173. The highest BCUT2D eigenvalue weighted by molar-refractivity contribution is 5.94. The summed E-state index contributed by atoms with van der Waals surface area (Å²) in [5.74, 6) is 0. The van der Waals surface area contributed by atoms with Gasteiger partial charge in [-0.25, -0.2) is 4.79 Å². The van der Waals surface area contributed by atoms with E-state index in [0.29, 0.717) is 6.04 Å². The monoisotopic (exact) mass is 261 g/mol. The Morgan fingerprint density at radius 1 is 1.32 bits per heavy atom. The molecule has 1 fully saturated rings. The molecule has 2 amide bonds. The molecular weight excluding hydrogens is 238 g/mol. The lowest BCUT2D eigenvalue weighted by Crippen LogP contribution is -2.27. The minimum atomic E-state index is -0.00173. The van der Waals surface area contributed by atoms with E-state index in [1.54, 1.807) is 4.90 Å². The number of rotatable bonds is 6. The maximum atomic E-state index is 11.6. The van der Waals surface area contributed by atoms with Crippen molar-refractivity contribution in [2.75, 3.05) is 23.3 Å². The number of carbonyl (C=O) groups is 1. The number of hydrogen-bond donors (Lipinski definition) is 2. The topological polar surface area (TPSA) is 44.4 Å². The molecule has 0 aliphatic carbocycles. The summed E-state index contributed by atoms with van der Waals surface area (Å²) < 4.78 is 0. The summed E-state index contributed by atoms with van der Waals surface area (Å²) in [6, 6.07) is 8.65. The van der Waals surface area contributed by atoms with Gasteiger partial charge in [0.25, 0.3) is 0 Å². The van der Waals surface area contributed by atoms with Crippen LogP contribution >= 0.6 is 0 Å². The van der Waals surface area contributed by atoms with Gasteiger partial charge in [-0.05, 0) is 37.1 Å². The van der Waals surface area contributed by atoms with E-state index >= 15 is 0 Å². The number of carbonyl (C=O) groups excluding carboxylic acids is 1. The second-order valence-electron chi connectivity index (χ2n) is 4.97. The zero-order valence-corrected chi connectivity index (χ0v) is 11.8. The number of amides is 2. The van der Waals surface area contributed by atoms with Gasteiger partial charge in [0.05, 0.1) is 0 Å². The van der Waals surface area contributed by atoms with Crippen molar-refractivity contribution in [3.8, 4) is 0 Å². The molecule has 1 aromatic carbocycles. The van der Waals surface area contributed by atoms with Gasteiger partial charge in [0.1, 0.15) is 0 Å². The molecule has 0 spiro atoms. The quantitative estimate of drug-likeness (QED) is 0.826. The molecule has 2 N–H and O–H groups in total. The molecule has 0 radical (unpaired) electrons. The van der Waals surface area contributed by atoms with Crippen LogP contribution in [0.4, 0.5) is 16.2 Å². The molecule has 1 aromatic rings. The van der Waals surface area contributed by atoms with Crippen molar-refractivity contribution in [2.24, 2.45) is 0 Å². The van der Waals surface area contributed by atoms with Crippen molar-refractivity contribution >= 4 is 17.4 Å². The molecule has 0 saturated carbocycles. The second-order valence-corrected chi connectivity index (χ2v) is 4.97. The van der Waals surface area contributed by atoms with Crippen LogP contribution in [0.3, 0.4) is 0 Å². The SMILES string of the molecule is CCCC(CC)Nc1ccc(N2CCNC2=O)cc1. The molecular formula is C15H23N3O. The van der Waals surface area contributed by atoms with E-state index in [4.69, 9.17) is 0 Å². The highest BCUT2D eigenvalue weighted by atomic mass is 16.2. The molecule has 0 bridgehead atoms. The summed E-state index contributed by atoms with van der Waals surface area (Å²) in [5, 5.41) is 6.35. The fourth-order valence-corrected chi connectivity index (χ4v) is 2.42. The van der Waals surface area contributed by atoms with Gasteiger partial charge in [-0.15, -0.1) is 0 Å². The first kappa shape index (κ1) is 13.7. The van der Waals surface area contributed by atoms with Crippen LogP contribution in [0.1, 0.15) is 33.1 Å². The van der Waals surface area contributed by atoms with E-state index in [1.807, 2.05) is 12.1 Å². The molecule has 1 aliphatic heterocycles. The zero-order valence-electron chi connectivity index (χ0n) is 11.8. The van der Waals surface area contributed by atoms with Gasteiger partial charge in [0, 0.05) is 30.5 Å². The number of nitrogens with zero attached hydrogens (tertiary/aromatic N) is 1. The van der Waals surface area contributed by atoms with E-state index in [2.05, 4.69) is 36.6 Å². The van der Waals surface area contributed by atoms with Crippen molar-refractivity contribution in [1.29, 1.82) is 0 Å². The number of hydrogen-bond acceptors (Lipinski definition) is 2. The smallest absolute Gasteiger partial charge is 0.321 e. The highest BCUT2D eigenvalue weighted by Crippen LogP contribution is 2.20. The lowest BCUT2D eigenvalue weighted by Gasteiger charge is -2.19. The average molecular weight is 261 g/mol. The van der Waals surface area contributed by atoms with Crippen molar-refractivity contribution in [3.05, 3.63) is 24.3 Å². The van der Waals surface area contributed by atoms with E-state index < -0.39 is 0 Å². The molecule has 4 nitrogen and oxygen atoms in total. The Labute approximate surface area is 115 Å². The van der Waals surface area contributed by atoms with Crippen LogP contribution in [0.2, 0.25) is 0 Å². The molecule has 2 rings (SSSR count). The number of anilines is 2. The maximum Gasteiger partial charge on any atom is 0.321 e. The van der Waals surface area contributed by atoms with Crippen LogP contribution in [0.15, 0.2) is 24.3 Å². The van der Waals surface area contributed by atoms with Crippen LogP contribution in [0.25, 0.3) is 0 Å². The number of urea groups is 1. The summed E-state index contributed by atoms with van der Waals surface area (Å²) in [6.45, 7) is 5.89. The molecule has 1 aliphatic rings. The first-order chi connectivity index (χ1) is 9.24. The molecule has 1 saturated heterocycles. The third-order valence-electron chi connectivity index (χ3n) is 3.54. The fourth-order valence-electron chi connectivity index (χ4n) is 2.42.